The summed E-state index contributed by atoms with van der Waals surface area (Å²) in [6.07, 6.45) is 0. The maximum Gasteiger partial charge on any atom is 0.252 e. The van der Waals surface area contributed by atoms with Crippen LogP contribution in [0.4, 0.5) is 34.1 Å². The van der Waals surface area contributed by atoms with Crippen molar-refractivity contribution in [3.05, 3.63) is 176 Å². The monoisotopic (exact) mass is 572 g/mol. The van der Waals surface area contributed by atoms with Gasteiger partial charge in [0.15, 0.2) is 0 Å². The van der Waals surface area contributed by atoms with E-state index in [1.165, 1.54) is 67.1 Å². The first-order chi connectivity index (χ1) is 22.3. The van der Waals surface area contributed by atoms with E-state index in [0.29, 0.717) is 0 Å². The van der Waals surface area contributed by atoms with Crippen LogP contribution in [-0.4, -0.2) is 6.71 Å². The van der Waals surface area contributed by atoms with Crippen LogP contribution in [0.3, 0.4) is 0 Å². The predicted molar refractivity (Wildman–Crippen MR) is 191 cm³/mol. The van der Waals surface area contributed by atoms with Crippen LogP contribution < -0.4 is 26.2 Å². The van der Waals surface area contributed by atoms with Crippen molar-refractivity contribution in [1.29, 1.82) is 0 Å². The third-order valence-electron chi connectivity index (χ3n) is 9.26. The summed E-state index contributed by atoms with van der Waals surface area (Å²) in [6, 6.07) is 63.9. The average molecular weight is 573 g/mol. The Kier molecular flexibility index (Phi) is 5.95. The second-order valence-corrected chi connectivity index (χ2v) is 11.8. The molecule has 2 heterocycles. The van der Waals surface area contributed by atoms with Crippen molar-refractivity contribution in [3.8, 4) is 22.3 Å². The number of hydrogen-bond acceptors (Lipinski definition) is 2. The summed E-state index contributed by atoms with van der Waals surface area (Å²) >= 11 is 0. The molecule has 0 spiro atoms. The second-order valence-electron chi connectivity index (χ2n) is 11.8. The van der Waals surface area contributed by atoms with Crippen molar-refractivity contribution in [3.63, 3.8) is 0 Å². The van der Waals surface area contributed by atoms with Gasteiger partial charge >= 0.3 is 0 Å². The molecule has 0 N–H and O–H groups in total. The Labute approximate surface area is 264 Å². The standard InChI is InChI=1S/C42H29BN2/c1-4-13-30(14-5-1)32-23-26-35(27-24-32)45-40-22-12-21-39-42(40)43(37-28-25-33(29-41(37)45)31-15-6-2-7-16-31)36-19-10-11-20-38(36)44(39)34-17-8-3-9-18-34/h1-29H. The molecule has 0 fully saturated rings. The van der Waals surface area contributed by atoms with E-state index in [1.807, 2.05) is 0 Å². The highest BCUT2D eigenvalue weighted by atomic mass is 15.2. The fourth-order valence-corrected chi connectivity index (χ4v) is 7.26. The second kappa shape index (κ2) is 10.4. The molecule has 2 aliphatic heterocycles. The molecule has 7 aromatic carbocycles. The Morgan fingerprint density at radius 1 is 0.311 bits per heavy atom. The van der Waals surface area contributed by atoms with Crippen molar-refractivity contribution in [1.82, 2.24) is 0 Å². The first-order valence-electron chi connectivity index (χ1n) is 15.6. The number of nitrogens with zero attached hydrogens (tertiary/aromatic N) is 2. The molecule has 45 heavy (non-hydrogen) atoms. The van der Waals surface area contributed by atoms with Gasteiger partial charge in [-0.15, -0.1) is 0 Å². The molecule has 210 valence electrons. The molecule has 0 aromatic heterocycles. The number of hydrogen-bond donors (Lipinski definition) is 0. The van der Waals surface area contributed by atoms with Crippen LogP contribution in [-0.2, 0) is 0 Å². The Morgan fingerprint density at radius 2 is 0.778 bits per heavy atom. The zero-order valence-corrected chi connectivity index (χ0v) is 24.7. The van der Waals surface area contributed by atoms with Gasteiger partial charge in [0, 0.05) is 34.1 Å². The highest BCUT2D eigenvalue weighted by molar-refractivity contribution is 7.00. The number of rotatable bonds is 4. The molecule has 0 radical (unpaired) electrons. The Balaban J connectivity index is 1.30. The molecule has 0 saturated heterocycles. The smallest absolute Gasteiger partial charge is 0.252 e. The van der Waals surface area contributed by atoms with E-state index in [-0.39, 0.29) is 6.71 Å². The van der Waals surface area contributed by atoms with Gasteiger partial charge in [0.1, 0.15) is 0 Å². The topological polar surface area (TPSA) is 6.48 Å². The first-order valence-corrected chi connectivity index (χ1v) is 15.6. The molecule has 7 aromatic rings. The van der Waals surface area contributed by atoms with E-state index in [1.54, 1.807) is 0 Å². The van der Waals surface area contributed by atoms with Crippen LogP contribution in [0.1, 0.15) is 0 Å². The maximum absolute atomic E-state index is 2.48. The third-order valence-corrected chi connectivity index (χ3v) is 9.26. The van der Waals surface area contributed by atoms with Gasteiger partial charge in [-0.05, 0) is 87.2 Å². The highest BCUT2D eigenvalue weighted by Gasteiger charge is 2.42. The molecular weight excluding hydrogens is 543 g/mol. The quantitative estimate of drug-likeness (QED) is 0.194. The van der Waals surface area contributed by atoms with Crippen molar-refractivity contribution in [2.24, 2.45) is 0 Å². The van der Waals surface area contributed by atoms with Crippen LogP contribution in [0.25, 0.3) is 22.3 Å². The average Bonchev–Trinajstić information content (AvgIpc) is 3.12. The number of para-hydroxylation sites is 2. The molecule has 0 aliphatic carbocycles. The van der Waals surface area contributed by atoms with Crippen molar-refractivity contribution in [2.75, 3.05) is 9.80 Å². The van der Waals surface area contributed by atoms with E-state index >= 15 is 0 Å². The summed E-state index contributed by atoms with van der Waals surface area (Å²) in [5.41, 5.74) is 16.1. The fraction of sp³-hybridized carbons (Fsp3) is 0. The van der Waals surface area contributed by atoms with Gasteiger partial charge in [0.25, 0.3) is 6.71 Å². The lowest BCUT2D eigenvalue weighted by atomic mass is 9.33. The number of anilines is 6. The van der Waals surface area contributed by atoms with Gasteiger partial charge in [0.2, 0.25) is 0 Å². The third kappa shape index (κ3) is 4.12. The normalized spacial score (nSPS) is 12.8. The first kappa shape index (κ1) is 25.7. The molecule has 0 unspecified atom stereocenters. The summed E-state index contributed by atoms with van der Waals surface area (Å²) in [5, 5.41) is 0. The minimum Gasteiger partial charge on any atom is -0.311 e. The lowest BCUT2D eigenvalue weighted by molar-refractivity contribution is 1.25. The van der Waals surface area contributed by atoms with E-state index < -0.39 is 0 Å². The summed E-state index contributed by atoms with van der Waals surface area (Å²) in [5.74, 6) is 0. The van der Waals surface area contributed by atoms with E-state index in [0.717, 1.165) is 5.69 Å². The molecular formula is C42H29BN2. The van der Waals surface area contributed by atoms with Crippen LogP contribution in [0, 0.1) is 0 Å². The molecule has 9 rings (SSSR count). The Bertz CT molecular complexity index is 2160. The predicted octanol–water partition coefficient (Wildman–Crippen LogP) is 9.10. The van der Waals surface area contributed by atoms with Crippen molar-refractivity contribution >= 4 is 57.2 Å². The number of fused-ring (bicyclic) bond motifs is 4. The minimum absolute atomic E-state index is 0.118. The van der Waals surface area contributed by atoms with Gasteiger partial charge in [-0.3, -0.25) is 0 Å². The highest BCUT2D eigenvalue weighted by Crippen LogP contribution is 2.44. The minimum atomic E-state index is 0.118. The molecule has 2 aliphatic rings. The fourth-order valence-electron chi connectivity index (χ4n) is 7.26. The van der Waals surface area contributed by atoms with E-state index in [2.05, 4.69) is 186 Å². The largest absolute Gasteiger partial charge is 0.311 e. The van der Waals surface area contributed by atoms with Crippen LogP contribution in [0.2, 0.25) is 0 Å². The maximum atomic E-state index is 2.48. The summed E-state index contributed by atoms with van der Waals surface area (Å²) in [6.45, 7) is 0.118. The zero-order chi connectivity index (χ0) is 29.7. The van der Waals surface area contributed by atoms with Crippen LogP contribution in [0.15, 0.2) is 176 Å². The summed E-state index contributed by atoms with van der Waals surface area (Å²) in [7, 11) is 0. The molecule has 3 heteroatoms. The Hall–Kier alpha value is -5.80. The van der Waals surface area contributed by atoms with Crippen molar-refractivity contribution < 1.29 is 0 Å². The van der Waals surface area contributed by atoms with Crippen LogP contribution in [0.5, 0.6) is 0 Å². The number of benzene rings is 7. The van der Waals surface area contributed by atoms with Crippen LogP contribution >= 0.6 is 0 Å². The molecule has 2 nitrogen and oxygen atoms in total. The van der Waals surface area contributed by atoms with E-state index in [4.69, 9.17) is 0 Å². The summed E-state index contributed by atoms with van der Waals surface area (Å²) < 4.78 is 0. The van der Waals surface area contributed by atoms with Gasteiger partial charge in [-0.1, -0.05) is 127 Å². The van der Waals surface area contributed by atoms with Gasteiger partial charge in [0.05, 0.1) is 0 Å². The SMILES string of the molecule is c1ccc(-c2ccc(N3c4cc(-c5ccccc5)ccc4B4c5ccccc5N(c5ccccc5)c5cccc3c54)cc2)cc1. The molecule has 0 amide bonds. The lowest BCUT2D eigenvalue weighted by Gasteiger charge is -2.44. The van der Waals surface area contributed by atoms with Crippen molar-refractivity contribution in [2.45, 2.75) is 0 Å². The Morgan fingerprint density at radius 3 is 1.47 bits per heavy atom. The lowest BCUT2D eigenvalue weighted by Crippen LogP contribution is -2.61. The molecule has 0 saturated carbocycles. The summed E-state index contributed by atoms with van der Waals surface area (Å²) in [4.78, 5) is 4.91. The zero-order valence-electron chi connectivity index (χ0n) is 24.7. The van der Waals surface area contributed by atoms with Gasteiger partial charge < -0.3 is 9.80 Å². The van der Waals surface area contributed by atoms with Gasteiger partial charge in [-0.25, -0.2) is 0 Å². The van der Waals surface area contributed by atoms with Gasteiger partial charge in [-0.2, -0.15) is 0 Å². The molecule has 0 atom stereocenters. The molecule has 0 bridgehead atoms. The van der Waals surface area contributed by atoms with E-state index in [9.17, 15) is 0 Å².